The van der Waals surface area contributed by atoms with Gasteiger partial charge in [-0.25, -0.2) is 8.78 Å². The fraction of sp³-hybridized carbons (Fsp3) is 0.118. The predicted octanol–water partition coefficient (Wildman–Crippen LogP) is 12.0. The van der Waals surface area contributed by atoms with E-state index in [1.54, 1.807) is 36.0 Å². The molecule has 5 aromatic rings. The Morgan fingerprint density at radius 2 is 1.09 bits per heavy atom. The fourth-order valence-electron chi connectivity index (χ4n) is 3.79. The molecule has 0 aliphatic rings. The Hall–Kier alpha value is -2.74. The van der Waals surface area contributed by atoms with Gasteiger partial charge in [0, 0.05) is 32.1 Å². The van der Waals surface area contributed by atoms with E-state index in [4.69, 9.17) is 44.3 Å². The van der Waals surface area contributed by atoms with Gasteiger partial charge in [0.05, 0.1) is 10.0 Å². The van der Waals surface area contributed by atoms with Crippen LogP contribution < -0.4 is 9.47 Å². The first-order chi connectivity index (χ1) is 20.8. The zero-order chi connectivity index (χ0) is 30.6. The van der Waals surface area contributed by atoms with Gasteiger partial charge >= 0.3 is 0 Å². The van der Waals surface area contributed by atoms with Gasteiger partial charge in [0.1, 0.15) is 36.3 Å². The lowest BCUT2D eigenvalue weighted by molar-refractivity contribution is 0.299. The van der Waals surface area contributed by atoms with E-state index in [1.807, 2.05) is 72.8 Å². The highest BCUT2D eigenvalue weighted by Crippen LogP contribution is 2.27. The molecule has 2 nitrogen and oxygen atoms in total. The van der Waals surface area contributed by atoms with Crippen LogP contribution in [0.2, 0.25) is 15.1 Å². The van der Waals surface area contributed by atoms with Crippen LogP contribution in [0.5, 0.6) is 11.5 Å². The summed E-state index contributed by atoms with van der Waals surface area (Å²) in [5.41, 5.74) is 2.97. The Morgan fingerprint density at radius 3 is 1.60 bits per heavy atom. The molecule has 0 atom stereocenters. The van der Waals surface area contributed by atoms with E-state index in [2.05, 4.69) is 15.9 Å². The van der Waals surface area contributed by atoms with Crippen molar-refractivity contribution in [3.8, 4) is 11.5 Å². The van der Waals surface area contributed by atoms with E-state index in [-0.39, 0.29) is 24.8 Å². The van der Waals surface area contributed by atoms with Crippen LogP contribution in [-0.4, -0.2) is 0 Å². The fourth-order valence-corrected chi connectivity index (χ4v) is 5.54. The molecule has 43 heavy (non-hydrogen) atoms. The molecule has 0 aliphatic heterocycles. The first-order valence-corrected chi connectivity index (χ1v) is 16.3. The number of benzene rings is 5. The van der Waals surface area contributed by atoms with Crippen molar-refractivity contribution in [2.24, 2.45) is 0 Å². The van der Waals surface area contributed by atoms with Crippen LogP contribution in [0.1, 0.15) is 22.3 Å². The second-order valence-electron chi connectivity index (χ2n) is 9.15. The van der Waals surface area contributed by atoms with Crippen LogP contribution in [0.3, 0.4) is 0 Å². The normalized spacial score (nSPS) is 10.6. The molecule has 0 unspecified atom stereocenters. The molecule has 0 fully saturated rings. The highest BCUT2D eigenvalue weighted by molar-refractivity contribution is 9.08. The molecule has 9 heteroatoms. The topological polar surface area (TPSA) is 18.5 Å². The van der Waals surface area contributed by atoms with Gasteiger partial charge in [-0.3, -0.25) is 0 Å². The largest absolute Gasteiger partial charge is 0.489 e. The molecule has 0 saturated heterocycles. The van der Waals surface area contributed by atoms with Gasteiger partial charge in [-0.15, -0.1) is 11.8 Å². The van der Waals surface area contributed by atoms with E-state index in [0.29, 0.717) is 32.7 Å². The Morgan fingerprint density at radius 1 is 0.605 bits per heavy atom. The summed E-state index contributed by atoms with van der Waals surface area (Å²) in [6.45, 7) is 0.219. The molecule has 0 saturated carbocycles. The average Bonchev–Trinajstić information content (AvgIpc) is 3.01. The quantitative estimate of drug-likeness (QED) is 0.106. The molecular formula is C34H26BrCl3F2O2S. The van der Waals surface area contributed by atoms with E-state index < -0.39 is 0 Å². The van der Waals surface area contributed by atoms with Gasteiger partial charge in [-0.2, -0.15) is 0 Å². The van der Waals surface area contributed by atoms with Crippen molar-refractivity contribution in [2.45, 2.75) is 29.2 Å². The third-order valence-corrected chi connectivity index (χ3v) is 8.75. The number of hydrogen-bond acceptors (Lipinski definition) is 3. The lowest BCUT2D eigenvalue weighted by atomic mass is 10.2. The molecule has 5 aromatic carbocycles. The van der Waals surface area contributed by atoms with Gasteiger partial charge in [0.15, 0.2) is 0 Å². The minimum atomic E-state index is -0.359. The first kappa shape index (κ1) is 33.2. The zero-order valence-corrected chi connectivity index (χ0v) is 27.4. The lowest BCUT2D eigenvalue weighted by Crippen LogP contribution is -1.99. The van der Waals surface area contributed by atoms with Crippen LogP contribution in [-0.2, 0) is 24.3 Å². The van der Waals surface area contributed by atoms with Crippen molar-refractivity contribution < 1.29 is 18.3 Å². The maximum atomic E-state index is 13.8. The molecule has 0 radical (unpaired) electrons. The van der Waals surface area contributed by atoms with E-state index >= 15 is 0 Å². The zero-order valence-electron chi connectivity index (χ0n) is 22.7. The first-order valence-electron chi connectivity index (χ1n) is 13.1. The maximum absolute atomic E-state index is 13.8. The summed E-state index contributed by atoms with van der Waals surface area (Å²) in [6, 6.07) is 32.3. The summed E-state index contributed by atoms with van der Waals surface area (Å²) in [4.78, 5) is 1.15. The SMILES string of the molecule is Fc1cccc(Cl)c1COc1cccc(CBr)c1.Fc1cccc(Cl)c1COc1cccc(CSc2ccc(Cl)cc2)c1. The molecule has 0 aromatic heterocycles. The monoisotopic (exact) mass is 720 g/mol. The molecule has 222 valence electrons. The highest BCUT2D eigenvalue weighted by atomic mass is 79.9. The maximum Gasteiger partial charge on any atom is 0.131 e. The van der Waals surface area contributed by atoms with E-state index in [0.717, 1.165) is 32.1 Å². The third-order valence-electron chi connectivity index (χ3n) is 6.06. The minimum absolute atomic E-state index is 0.0965. The van der Waals surface area contributed by atoms with Crippen LogP contribution in [0.4, 0.5) is 8.78 Å². The number of rotatable bonds is 10. The Labute approximate surface area is 278 Å². The molecule has 5 rings (SSSR count). The number of ether oxygens (including phenoxy) is 2. The number of halogens is 6. The number of hydrogen-bond donors (Lipinski definition) is 0. The Kier molecular flexibility index (Phi) is 13.1. The van der Waals surface area contributed by atoms with Crippen molar-refractivity contribution >= 4 is 62.5 Å². The standard InChI is InChI=1S/C20H15Cl2FOS.C14H11BrClFO/c21-15-7-9-17(10-8-15)25-13-14-3-1-4-16(11-14)24-12-18-19(22)5-2-6-20(18)23;15-8-10-3-1-4-11(7-10)18-9-12-13(16)5-2-6-14(12)17/h1-11H,12-13H2;1-7H,8-9H2. The lowest BCUT2D eigenvalue weighted by Gasteiger charge is -2.10. The van der Waals surface area contributed by atoms with Crippen molar-refractivity contribution in [3.05, 3.63) is 158 Å². The van der Waals surface area contributed by atoms with Gasteiger partial charge in [-0.1, -0.05) is 87.1 Å². The second kappa shape index (κ2) is 16.9. The van der Waals surface area contributed by atoms with Gasteiger partial charge in [0.2, 0.25) is 0 Å². The highest BCUT2D eigenvalue weighted by Gasteiger charge is 2.09. The van der Waals surface area contributed by atoms with Crippen LogP contribution in [0, 0.1) is 11.6 Å². The van der Waals surface area contributed by atoms with Gasteiger partial charge < -0.3 is 9.47 Å². The van der Waals surface area contributed by atoms with Gasteiger partial charge in [-0.05, 0) is 83.9 Å². The van der Waals surface area contributed by atoms with E-state index in [1.165, 1.54) is 12.1 Å². The smallest absolute Gasteiger partial charge is 0.131 e. The summed E-state index contributed by atoms with van der Waals surface area (Å²) >= 11 is 22.9. The Balaban J connectivity index is 0.000000208. The molecule has 0 N–H and O–H groups in total. The summed E-state index contributed by atoms with van der Waals surface area (Å²) in [5.74, 6) is 1.49. The second-order valence-corrected chi connectivity index (χ2v) is 12.0. The molecule has 0 amide bonds. The average molecular weight is 723 g/mol. The van der Waals surface area contributed by atoms with Crippen LogP contribution in [0.15, 0.2) is 114 Å². The van der Waals surface area contributed by atoms with Crippen LogP contribution in [0.25, 0.3) is 0 Å². The Bertz CT molecular complexity index is 1600. The predicted molar refractivity (Wildman–Crippen MR) is 178 cm³/mol. The van der Waals surface area contributed by atoms with Crippen molar-refractivity contribution in [3.63, 3.8) is 0 Å². The van der Waals surface area contributed by atoms with Gasteiger partial charge in [0.25, 0.3) is 0 Å². The molecular weight excluding hydrogens is 697 g/mol. The molecule has 0 heterocycles. The summed E-state index contributed by atoms with van der Waals surface area (Å²) in [6.07, 6.45) is 0. The van der Waals surface area contributed by atoms with Crippen LogP contribution >= 0.6 is 62.5 Å². The molecule has 0 bridgehead atoms. The molecule has 0 spiro atoms. The van der Waals surface area contributed by atoms with Crippen molar-refractivity contribution in [1.29, 1.82) is 0 Å². The minimum Gasteiger partial charge on any atom is -0.489 e. The third kappa shape index (κ3) is 10.4. The summed E-state index contributed by atoms with van der Waals surface area (Å²) in [5, 5.41) is 2.23. The number of thioether (sulfide) groups is 1. The summed E-state index contributed by atoms with van der Waals surface area (Å²) in [7, 11) is 0. The van der Waals surface area contributed by atoms with Crippen molar-refractivity contribution in [1.82, 2.24) is 0 Å². The van der Waals surface area contributed by atoms with E-state index in [9.17, 15) is 8.78 Å². The molecule has 0 aliphatic carbocycles. The number of alkyl halides is 1. The summed E-state index contributed by atoms with van der Waals surface area (Å²) < 4.78 is 38.6. The van der Waals surface area contributed by atoms with Crippen molar-refractivity contribution in [2.75, 3.05) is 0 Å².